The third kappa shape index (κ3) is 2.63. The Kier molecular flexibility index (Phi) is 3.63. The van der Waals surface area contributed by atoms with Crippen LogP contribution in [0.3, 0.4) is 0 Å². The number of Topliss-reactive ketones (excluding diaryl/α,β-unsaturated/α-hetero) is 1. The number of carbonyl (C=O) groups is 1. The van der Waals surface area contributed by atoms with Crippen LogP contribution in [0.2, 0.25) is 4.34 Å². The van der Waals surface area contributed by atoms with Gasteiger partial charge in [-0.1, -0.05) is 23.4 Å². The van der Waals surface area contributed by atoms with E-state index in [0.29, 0.717) is 15.0 Å². The summed E-state index contributed by atoms with van der Waals surface area (Å²) in [6.45, 7) is 0. The zero-order valence-corrected chi connectivity index (χ0v) is 10.8. The van der Waals surface area contributed by atoms with Crippen molar-refractivity contribution in [2.75, 3.05) is 5.75 Å². The summed E-state index contributed by atoms with van der Waals surface area (Å²) in [5.41, 5.74) is 0. The lowest BCUT2D eigenvalue weighted by atomic mass is 10.4. The van der Waals surface area contributed by atoms with Gasteiger partial charge in [0.2, 0.25) is 0 Å². The van der Waals surface area contributed by atoms with Crippen molar-refractivity contribution in [2.45, 2.75) is 5.16 Å². The largest absolute Gasteiger partial charge is 0.292 e. The molecule has 0 bridgehead atoms. The fraction of sp³-hybridized carbons (Fsp3) is 0.222. The van der Waals surface area contributed by atoms with Gasteiger partial charge in [-0.3, -0.25) is 4.79 Å². The molecule has 0 amide bonds. The fourth-order valence-electron chi connectivity index (χ4n) is 1.08. The van der Waals surface area contributed by atoms with Gasteiger partial charge in [0.1, 0.15) is 6.33 Å². The Morgan fingerprint density at radius 2 is 2.44 bits per heavy atom. The van der Waals surface area contributed by atoms with Gasteiger partial charge in [0, 0.05) is 7.05 Å². The fourth-order valence-corrected chi connectivity index (χ4v) is 2.92. The number of carbonyl (C=O) groups excluding carboxylic acids is 1. The molecule has 2 aromatic heterocycles. The molecule has 2 aromatic rings. The van der Waals surface area contributed by atoms with Crippen LogP contribution >= 0.6 is 34.7 Å². The second-order valence-electron chi connectivity index (χ2n) is 2.98. The summed E-state index contributed by atoms with van der Waals surface area (Å²) in [7, 11) is 1.79. The van der Waals surface area contributed by atoms with Crippen molar-refractivity contribution in [3.05, 3.63) is 27.7 Å². The molecule has 0 aliphatic heterocycles. The van der Waals surface area contributed by atoms with E-state index in [9.17, 15) is 4.79 Å². The quantitative estimate of drug-likeness (QED) is 0.634. The van der Waals surface area contributed by atoms with Gasteiger partial charge in [-0.25, -0.2) is 9.67 Å². The van der Waals surface area contributed by atoms with Gasteiger partial charge in [-0.15, -0.1) is 11.3 Å². The second kappa shape index (κ2) is 4.99. The number of halogens is 1. The highest BCUT2D eigenvalue weighted by Gasteiger charge is 2.11. The molecular weight excluding hydrogens is 266 g/mol. The second-order valence-corrected chi connectivity index (χ2v) is 5.64. The van der Waals surface area contributed by atoms with E-state index in [1.807, 2.05) is 0 Å². The SMILES string of the molecule is Cn1ncnc1SCC(=O)c1ccc(Cl)s1. The molecule has 84 valence electrons. The standard InChI is InChI=1S/C9H8ClN3OS2/c1-13-9(11-5-12-13)15-4-6(14)7-2-3-8(10)16-7/h2-3,5H,4H2,1H3. The molecule has 0 N–H and O–H groups in total. The molecule has 0 fully saturated rings. The smallest absolute Gasteiger partial charge is 0.186 e. The molecule has 0 atom stereocenters. The lowest BCUT2D eigenvalue weighted by Crippen LogP contribution is -2.01. The molecule has 0 saturated carbocycles. The first-order chi connectivity index (χ1) is 7.66. The number of hydrogen-bond acceptors (Lipinski definition) is 5. The van der Waals surface area contributed by atoms with Crippen molar-refractivity contribution < 1.29 is 4.79 Å². The third-order valence-corrected chi connectivity index (χ3v) is 4.16. The number of hydrogen-bond donors (Lipinski definition) is 0. The van der Waals surface area contributed by atoms with Crippen molar-refractivity contribution in [1.29, 1.82) is 0 Å². The predicted octanol–water partition coefficient (Wildman–Crippen LogP) is 2.51. The van der Waals surface area contributed by atoms with Gasteiger partial charge in [0.15, 0.2) is 10.9 Å². The highest BCUT2D eigenvalue weighted by atomic mass is 35.5. The minimum Gasteiger partial charge on any atom is -0.292 e. The van der Waals surface area contributed by atoms with E-state index in [1.165, 1.54) is 29.4 Å². The predicted molar refractivity (Wildman–Crippen MR) is 65.4 cm³/mol. The van der Waals surface area contributed by atoms with Crippen molar-refractivity contribution in [3.63, 3.8) is 0 Å². The Labute approximate surface area is 106 Å². The Morgan fingerprint density at radius 3 is 3.00 bits per heavy atom. The molecule has 0 saturated heterocycles. The number of thiophene rings is 1. The van der Waals surface area contributed by atoms with Gasteiger partial charge < -0.3 is 0 Å². The molecule has 0 aliphatic rings. The van der Waals surface area contributed by atoms with E-state index in [-0.39, 0.29) is 5.78 Å². The maximum Gasteiger partial charge on any atom is 0.186 e. The van der Waals surface area contributed by atoms with Crippen LogP contribution in [0.25, 0.3) is 0 Å². The van der Waals surface area contributed by atoms with Crippen LogP contribution in [-0.4, -0.2) is 26.3 Å². The van der Waals surface area contributed by atoms with Crippen LogP contribution in [0.5, 0.6) is 0 Å². The van der Waals surface area contributed by atoms with Crippen molar-refractivity contribution in [1.82, 2.24) is 14.8 Å². The molecule has 2 heterocycles. The van der Waals surface area contributed by atoms with Crippen LogP contribution in [-0.2, 0) is 7.05 Å². The lowest BCUT2D eigenvalue weighted by molar-refractivity contribution is 0.102. The van der Waals surface area contributed by atoms with E-state index in [4.69, 9.17) is 11.6 Å². The number of nitrogens with zero attached hydrogens (tertiary/aromatic N) is 3. The number of aryl methyl sites for hydroxylation is 1. The third-order valence-electron chi connectivity index (χ3n) is 1.85. The van der Waals surface area contributed by atoms with Crippen LogP contribution in [0.1, 0.15) is 9.67 Å². The van der Waals surface area contributed by atoms with E-state index < -0.39 is 0 Å². The number of rotatable bonds is 4. The van der Waals surface area contributed by atoms with Gasteiger partial charge in [0.25, 0.3) is 0 Å². The average molecular weight is 274 g/mol. The Morgan fingerprint density at radius 1 is 1.62 bits per heavy atom. The molecular formula is C9H8ClN3OS2. The van der Waals surface area contributed by atoms with Crippen molar-refractivity contribution in [2.24, 2.45) is 7.05 Å². The average Bonchev–Trinajstić information content (AvgIpc) is 2.84. The summed E-state index contributed by atoms with van der Waals surface area (Å²) < 4.78 is 2.27. The highest BCUT2D eigenvalue weighted by molar-refractivity contribution is 7.99. The van der Waals surface area contributed by atoms with E-state index >= 15 is 0 Å². The maximum atomic E-state index is 11.7. The van der Waals surface area contributed by atoms with Crippen LogP contribution in [0.15, 0.2) is 23.6 Å². The molecule has 4 nitrogen and oxygen atoms in total. The van der Waals surface area contributed by atoms with Gasteiger partial charge in [0.05, 0.1) is 15.0 Å². The summed E-state index contributed by atoms with van der Waals surface area (Å²) >= 11 is 8.43. The lowest BCUT2D eigenvalue weighted by Gasteiger charge is -1.98. The number of aromatic nitrogens is 3. The van der Waals surface area contributed by atoms with E-state index in [0.717, 1.165) is 5.16 Å². The summed E-state index contributed by atoms with van der Waals surface area (Å²) in [6.07, 6.45) is 1.47. The Balaban J connectivity index is 1.96. The molecule has 0 aliphatic carbocycles. The molecule has 0 unspecified atom stereocenters. The number of ketones is 1. The van der Waals surface area contributed by atoms with Gasteiger partial charge in [-0.2, -0.15) is 5.10 Å². The first-order valence-corrected chi connectivity index (χ1v) is 6.60. The normalized spacial score (nSPS) is 10.6. The van der Waals surface area contributed by atoms with Crippen LogP contribution in [0, 0.1) is 0 Å². The Bertz CT molecular complexity index is 508. The van der Waals surface area contributed by atoms with E-state index in [1.54, 1.807) is 23.9 Å². The topological polar surface area (TPSA) is 47.8 Å². The molecule has 16 heavy (non-hydrogen) atoms. The maximum absolute atomic E-state index is 11.7. The summed E-state index contributed by atoms with van der Waals surface area (Å²) in [4.78, 5) is 16.4. The van der Waals surface area contributed by atoms with Gasteiger partial charge in [-0.05, 0) is 12.1 Å². The number of thioether (sulfide) groups is 1. The Hall–Kier alpha value is -0.850. The zero-order chi connectivity index (χ0) is 11.5. The van der Waals surface area contributed by atoms with Gasteiger partial charge >= 0.3 is 0 Å². The molecule has 0 aromatic carbocycles. The van der Waals surface area contributed by atoms with E-state index in [2.05, 4.69) is 10.1 Å². The first-order valence-electron chi connectivity index (χ1n) is 4.42. The zero-order valence-electron chi connectivity index (χ0n) is 8.38. The van der Waals surface area contributed by atoms with Crippen LogP contribution < -0.4 is 0 Å². The minimum absolute atomic E-state index is 0.0601. The highest BCUT2D eigenvalue weighted by Crippen LogP contribution is 2.24. The monoisotopic (exact) mass is 273 g/mol. The van der Waals surface area contributed by atoms with Crippen LogP contribution in [0.4, 0.5) is 0 Å². The molecule has 7 heteroatoms. The molecule has 0 radical (unpaired) electrons. The summed E-state index contributed by atoms with van der Waals surface area (Å²) in [5.74, 6) is 0.411. The summed E-state index contributed by atoms with van der Waals surface area (Å²) in [5, 5.41) is 4.66. The minimum atomic E-state index is 0.0601. The molecule has 2 rings (SSSR count). The first kappa shape index (κ1) is 11.6. The van der Waals surface area contributed by atoms with Crippen molar-refractivity contribution in [3.8, 4) is 0 Å². The summed E-state index contributed by atoms with van der Waals surface area (Å²) in [6, 6.07) is 3.47. The molecule has 0 spiro atoms. The van der Waals surface area contributed by atoms with Crippen molar-refractivity contribution >= 4 is 40.5 Å².